The van der Waals surface area contributed by atoms with Crippen molar-refractivity contribution in [1.29, 1.82) is 0 Å². The molecule has 0 saturated heterocycles. The molecule has 0 aliphatic heterocycles. The van der Waals surface area contributed by atoms with Gasteiger partial charge in [-0.25, -0.2) is 14.8 Å². The molecule has 0 aliphatic carbocycles. The topological polar surface area (TPSA) is 79.8 Å². The van der Waals surface area contributed by atoms with Gasteiger partial charge in [0.05, 0.1) is 18.3 Å². The summed E-state index contributed by atoms with van der Waals surface area (Å²) in [7, 11) is 7.44. The lowest BCUT2D eigenvalue weighted by atomic mass is 10.1. The summed E-state index contributed by atoms with van der Waals surface area (Å²) < 4.78 is 10.8. The predicted octanol–water partition coefficient (Wildman–Crippen LogP) is 5.04. The quantitative estimate of drug-likeness (QED) is 0.467. The number of amides is 1. The molecule has 3 aromatic rings. The molecule has 2 heterocycles. The normalized spacial score (nSPS) is 11.5. The van der Waals surface area contributed by atoms with Crippen molar-refractivity contribution in [3.05, 3.63) is 42.6 Å². The second-order valence-electron chi connectivity index (χ2n) is 9.47. The number of anilines is 2. The summed E-state index contributed by atoms with van der Waals surface area (Å²) in [5.74, 6) is 1.26. The number of ether oxygens (including phenoxy) is 2. The van der Waals surface area contributed by atoms with E-state index in [9.17, 15) is 4.79 Å². The minimum Gasteiger partial charge on any atom is -0.497 e. The van der Waals surface area contributed by atoms with Gasteiger partial charge in [0, 0.05) is 42.5 Å². The van der Waals surface area contributed by atoms with Crippen molar-refractivity contribution in [2.75, 3.05) is 51.6 Å². The van der Waals surface area contributed by atoms with E-state index in [0.29, 0.717) is 5.82 Å². The van der Waals surface area contributed by atoms with Crippen LogP contribution in [0.4, 0.5) is 16.3 Å². The second-order valence-corrected chi connectivity index (χ2v) is 9.47. The Kier molecular flexibility index (Phi) is 7.94. The van der Waals surface area contributed by atoms with Gasteiger partial charge in [0.25, 0.3) is 0 Å². The smallest absolute Gasteiger partial charge is 0.415 e. The van der Waals surface area contributed by atoms with Crippen LogP contribution in [-0.4, -0.2) is 67.9 Å². The molecule has 182 valence electrons. The Morgan fingerprint density at radius 1 is 1.09 bits per heavy atom. The number of methoxy groups -OCH3 is 1. The number of pyridine rings is 2. The highest BCUT2D eigenvalue weighted by Crippen LogP contribution is 2.31. The molecular formula is C26H35N5O3. The fraction of sp³-hybridized carbons (Fsp3) is 0.423. The molecule has 0 spiro atoms. The van der Waals surface area contributed by atoms with Crippen LogP contribution in [0.15, 0.2) is 42.6 Å². The van der Waals surface area contributed by atoms with Crippen molar-refractivity contribution in [1.82, 2.24) is 14.9 Å². The summed E-state index contributed by atoms with van der Waals surface area (Å²) in [6.45, 7) is 7.36. The summed E-state index contributed by atoms with van der Waals surface area (Å²) in [6.07, 6.45) is 2.29. The number of hydrogen-bond acceptors (Lipinski definition) is 7. The molecule has 0 saturated carbocycles. The van der Waals surface area contributed by atoms with Gasteiger partial charge in [-0.05, 0) is 78.2 Å². The number of benzene rings is 1. The molecule has 0 atom stereocenters. The first kappa shape index (κ1) is 25.2. The zero-order chi connectivity index (χ0) is 24.9. The van der Waals surface area contributed by atoms with E-state index in [-0.39, 0.29) is 0 Å². The molecule has 0 unspecified atom stereocenters. The molecule has 8 nitrogen and oxygen atoms in total. The summed E-state index contributed by atoms with van der Waals surface area (Å²) in [6, 6.07) is 11.6. The van der Waals surface area contributed by atoms with Crippen molar-refractivity contribution in [2.45, 2.75) is 32.8 Å². The van der Waals surface area contributed by atoms with Crippen LogP contribution in [-0.2, 0) is 4.74 Å². The minimum absolute atomic E-state index is 0.451. The Balaban J connectivity index is 1.89. The first-order valence-electron chi connectivity index (χ1n) is 11.4. The fourth-order valence-corrected chi connectivity index (χ4v) is 3.41. The maximum absolute atomic E-state index is 12.4. The molecule has 1 amide bonds. The van der Waals surface area contributed by atoms with Gasteiger partial charge in [0.1, 0.15) is 17.2 Å². The molecule has 1 N–H and O–H groups in total. The molecule has 0 aliphatic rings. The van der Waals surface area contributed by atoms with Crippen molar-refractivity contribution >= 4 is 28.5 Å². The van der Waals surface area contributed by atoms with Gasteiger partial charge < -0.3 is 19.7 Å². The number of aromatic nitrogens is 2. The van der Waals surface area contributed by atoms with E-state index in [4.69, 9.17) is 14.5 Å². The lowest BCUT2D eigenvalue weighted by Crippen LogP contribution is -2.34. The summed E-state index contributed by atoms with van der Waals surface area (Å²) in [5.41, 5.74) is 2.91. The Hall–Kier alpha value is -3.39. The maximum Gasteiger partial charge on any atom is 0.415 e. The van der Waals surface area contributed by atoms with E-state index >= 15 is 0 Å². The Morgan fingerprint density at radius 2 is 1.85 bits per heavy atom. The molecule has 3 rings (SSSR count). The van der Waals surface area contributed by atoms with Crippen molar-refractivity contribution in [3.8, 4) is 17.0 Å². The molecular weight excluding hydrogens is 430 g/mol. The molecule has 0 fully saturated rings. The van der Waals surface area contributed by atoms with E-state index in [1.165, 1.54) is 4.90 Å². The molecule has 0 radical (unpaired) electrons. The van der Waals surface area contributed by atoms with Crippen LogP contribution >= 0.6 is 0 Å². The van der Waals surface area contributed by atoms with Crippen LogP contribution in [0.3, 0.4) is 0 Å². The number of carbonyl (C=O) groups excluding carboxylic acids is 1. The van der Waals surface area contributed by atoms with Gasteiger partial charge in [-0.3, -0.25) is 4.90 Å². The number of fused-ring (bicyclic) bond motifs is 1. The SMILES string of the molecule is COc1ccc2c(NCCCN(C)C)cc(-c3ccc(N(C)C(=O)OC(C)(C)C)nc3)nc2c1. The molecule has 34 heavy (non-hydrogen) atoms. The third-order valence-corrected chi connectivity index (χ3v) is 5.17. The maximum atomic E-state index is 12.4. The van der Waals surface area contributed by atoms with Crippen LogP contribution in [0.2, 0.25) is 0 Å². The summed E-state index contributed by atoms with van der Waals surface area (Å²) in [4.78, 5) is 25.3. The Morgan fingerprint density at radius 3 is 2.47 bits per heavy atom. The first-order valence-corrected chi connectivity index (χ1v) is 11.4. The number of rotatable bonds is 8. The molecule has 0 bridgehead atoms. The lowest BCUT2D eigenvalue weighted by molar-refractivity contribution is 0.0588. The van der Waals surface area contributed by atoms with E-state index in [1.54, 1.807) is 26.4 Å². The van der Waals surface area contributed by atoms with Crippen molar-refractivity contribution in [2.24, 2.45) is 0 Å². The van der Waals surface area contributed by atoms with Crippen LogP contribution in [0.5, 0.6) is 5.75 Å². The molecule has 1 aromatic carbocycles. The predicted molar refractivity (Wildman–Crippen MR) is 138 cm³/mol. The lowest BCUT2D eigenvalue weighted by Gasteiger charge is -2.24. The van der Waals surface area contributed by atoms with Gasteiger partial charge in [-0.1, -0.05) is 0 Å². The largest absolute Gasteiger partial charge is 0.497 e. The Labute approximate surface area is 201 Å². The van der Waals surface area contributed by atoms with Gasteiger partial charge in [-0.15, -0.1) is 0 Å². The number of hydrogen-bond donors (Lipinski definition) is 1. The fourth-order valence-electron chi connectivity index (χ4n) is 3.41. The van der Waals surface area contributed by atoms with E-state index in [2.05, 4.69) is 29.3 Å². The van der Waals surface area contributed by atoms with E-state index in [1.807, 2.05) is 51.1 Å². The highest BCUT2D eigenvalue weighted by Gasteiger charge is 2.21. The zero-order valence-electron chi connectivity index (χ0n) is 21.2. The minimum atomic E-state index is -0.572. The average Bonchev–Trinajstić information content (AvgIpc) is 2.79. The van der Waals surface area contributed by atoms with Crippen LogP contribution in [0.1, 0.15) is 27.2 Å². The number of carbonyl (C=O) groups is 1. The van der Waals surface area contributed by atoms with Gasteiger partial charge >= 0.3 is 6.09 Å². The third kappa shape index (κ3) is 6.57. The molecule has 2 aromatic heterocycles. The van der Waals surface area contributed by atoms with Gasteiger partial charge in [0.2, 0.25) is 0 Å². The van der Waals surface area contributed by atoms with E-state index in [0.717, 1.165) is 53.1 Å². The van der Waals surface area contributed by atoms with Crippen LogP contribution in [0.25, 0.3) is 22.2 Å². The zero-order valence-corrected chi connectivity index (χ0v) is 21.2. The van der Waals surface area contributed by atoms with Crippen molar-refractivity contribution < 1.29 is 14.3 Å². The third-order valence-electron chi connectivity index (χ3n) is 5.17. The number of nitrogens with zero attached hydrogens (tertiary/aromatic N) is 4. The van der Waals surface area contributed by atoms with E-state index < -0.39 is 11.7 Å². The average molecular weight is 466 g/mol. The van der Waals surface area contributed by atoms with Crippen LogP contribution < -0.4 is 15.0 Å². The molecule has 8 heteroatoms. The van der Waals surface area contributed by atoms with Gasteiger partial charge in [-0.2, -0.15) is 0 Å². The van der Waals surface area contributed by atoms with Gasteiger partial charge in [0.15, 0.2) is 0 Å². The highest BCUT2D eigenvalue weighted by molar-refractivity contribution is 5.94. The summed E-state index contributed by atoms with van der Waals surface area (Å²) in [5, 5.41) is 4.59. The number of nitrogens with one attached hydrogen (secondary N) is 1. The Bertz CT molecular complexity index is 1120. The van der Waals surface area contributed by atoms with Crippen molar-refractivity contribution in [3.63, 3.8) is 0 Å². The monoisotopic (exact) mass is 465 g/mol. The van der Waals surface area contributed by atoms with Crippen LogP contribution in [0, 0.1) is 0 Å². The first-order chi connectivity index (χ1) is 16.1. The standard InChI is InChI=1S/C26H35N5O3/c1-26(2,3)34-25(32)31(6)24-12-9-18(17-28-24)21-16-22(27-13-8-14-30(4)5)20-11-10-19(33-7)15-23(20)29-21/h9-12,15-17H,8,13-14H2,1-7H3,(H,27,29). The summed E-state index contributed by atoms with van der Waals surface area (Å²) >= 11 is 0. The second kappa shape index (κ2) is 10.7. The highest BCUT2D eigenvalue weighted by atomic mass is 16.6.